The smallest absolute Gasteiger partial charge is 0.252 e. The standard InChI is InChI=1S/C15H22N2O4S/c1-11(2)22(19,20)16-13-7-6-12-5-4-8-17(14(12)9-13)15(18)10-21-3/h6-7,9,11,16H,4-5,8,10H2,1-3H3. The Kier molecular flexibility index (Phi) is 5.08. The second kappa shape index (κ2) is 6.66. The zero-order valence-electron chi connectivity index (χ0n) is 13.1. The van der Waals surface area contributed by atoms with Crippen LogP contribution in [0.25, 0.3) is 0 Å². The maximum Gasteiger partial charge on any atom is 0.252 e. The zero-order chi connectivity index (χ0) is 16.3. The van der Waals surface area contributed by atoms with Crippen LogP contribution in [0.4, 0.5) is 11.4 Å². The van der Waals surface area contributed by atoms with Crippen molar-refractivity contribution in [1.29, 1.82) is 0 Å². The van der Waals surface area contributed by atoms with Crippen LogP contribution < -0.4 is 9.62 Å². The first kappa shape index (κ1) is 16.8. The Morgan fingerprint density at radius 3 is 2.77 bits per heavy atom. The molecule has 1 aliphatic heterocycles. The van der Waals surface area contributed by atoms with E-state index in [1.807, 2.05) is 6.07 Å². The van der Waals surface area contributed by atoms with Crippen molar-refractivity contribution in [1.82, 2.24) is 0 Å². The number of ether oxygens (including phenoxy) is 1. The van der Waals surface area contributed by atoms with E-state index in [4.69, 9.17) is 4.74 Å². The van der Waals surface area contributed by atoms with Crippen LogP contribution in [0.3, 0.4) is 0 Å². The van der Waals surface area contributed by atoms with Crippen LogP contribution in [-0.2, 0) is 26.0 Å². The molecule has 1 heterocycles. The molecule has 0 unspecified atom stereocenters. The number of anilines is 2. The Morgan fingerprint density at radius 1 is 1.41 bits per heavy atom. The number of aryl methyl sites for hydroxylation is 1. The first-order chi connectivity index (χ1) is 10.3. The number of carbonyl (C=O) groups is 1. The summed E-state index contributed by atoms with van der Waals surface area (Å²) in [5, 5.41) is -0.519. The third-order valence-electron chi connectivity index (χ3n) is 3.65. The van der Waals surface area contributed by atoms with E-state index in [9.17, 15) is 13.2 Å². The Hall–Kier alpha value is -1.60. The molecule has 122 valence electrons. The monoisotopic (exact) mass is 326 g/mol. The van der Waals surface area contributed by atoms with E-state index in [1.165, 1.54) is 7.11 Å². The highest BCUT2D eigenvalue weighted by Gasteiger charge is 2.23. The van der Waals surface area contributed by atoms with Gasteiger partial charge in [-0.05, 0) is 44.4 Å². The summed E-state index contributed by atoms with van der Waals surface area (Å²) in [7, 11) is -1.92. The lowest BCUT2D eigenvalue weighted by atomic mass is 10.0. The van der Waals surface area contributed by atoms with Gasteiger partial charge in [-0.25, -0.2) is 8.42 Å². The first-order valence-electron chi connectivity index (χ1n) is 7.29. The van der Waals surface area contributed by atoms with Gasteiger partial charge in [0.25, 0.3) is 5.91 Å². The number of fused-ring (bicyclic) bond motifs is 1. The molecule has 22 heavy (non-hydrogen) atoms. The Labute approximate surface area is 131 Å². The lowest BCUT2D eigenvalue weighted by molar-refractivity contribution is -0.122. The molecule has 0 bridgehead atoms. The van der Waals surface area contributed by atoms with Crippen LogP contribution in [0.2, 0.25) is 0 Å². The highest BCUT2D eigenvalue weighted by molar-refractivity contribution is 7.93. The van der Waals surface area contributed by atoms with Crippen molar-refractivity contribution < 1.29 is 17.9 Å². The van der Waals surface area contributed by atoms with E-state index in [1.54, 1.807) is 30.9 Å². The molecule has 1 aromatic carbocycles. The number of nitrogens with zero attached hydrogens (tertiary/aromatic N) is 1. The largest absolute Gasteiger partial charge is 0.375 e. The number of rotatable bonds is 5. The van der Waals surface area contributed by atoms with E-state index in [0.29, 0.717) is 12.2 Å². The predicted molar refractivity (Wildman–Crippen MR) is 86.7 cm³/mol. The Bertz CT molecular complexity index is 656. The molecule has 0 saturated heterocycles. The van der Waals surface area contributed by atoms with Gasteiger partial charge in [0, 0.05) is 19.3 Å². The summed E-state index contributed by atoms with van der Waals surface area (Å²) in [5.74, 6) is -0.118. The molecule has 0 fully saturated rings. The van der Waals surface area contributed by atoms with Crippen molar-refractivity contribution >= 4 is 27.3 Å². The lowest BCUT2D eigenvalue weighted by Gasteiger charge is -2.30. The normalized spacial score (nSPS) is 14.8. The van der Waals surface area contributed by atoms with Gasteiger partial charge in [0.05, 0.1) is 10.9 Å². The number of hydrogen-bond donors (Lipinski definition) is 1. The van der Waals surface area contributed by atoms with Crippen LogP contribution in [0.1, 0.15) is 25.8 Å². The first-order valence-corrected chi connectivity index (χ1v) is 8.83. The maximum atomic E-state index is 12.1. The number of carbonyl (C=O) groups excluding carboxylic acids is 1. The van der Waals surface area contributed by atoms with Crippen LogP contribution in [0.5, 0.6) is 0 Å². The highest BCUT2D eigenvalue weighted by atomic mass is 32.2. The van der Waals surface area contributed by atoms with Crippen molar-refractivity contribution in [2.45, 2.75) is 31.9 Å². The summed E-state index contributed by atoms with van der Waals surface area (Å²) in [4.78, 5) is 13.8. The fourth-order valence-electron chi connectivity index (χ4n) is 2.38. The van der Waals surface area contributed by atoms with Gasteiger partial charge < -0.3 is 9.64 Å². The summed E-state index contributed by atoms with van der Waals surface area (Å²) in [6.45, 7) is 3.88. The fourth-order valence-corrected chi connectivity index (χ4v) is 3.07. The van der Waals surface area contributed by atoms with Gasteiger partial charge in [0.1, 0.15) is 6.61 Å². The fraction of sp³-hybridized carbons (Fsp3) is 0.533. The molecule has 0 spiro atoms. The quantitative estimate of drug-likeness (QED) is 0.894. The average Bonchev–Trinajstić information content (AvgIpc) is 2.46. The molecule has 0 radical (unpaired) electrons. The van der Waals surface area contributed by atoms with Crippen LogP contribution in [-0.4, -0.2) is 39.8 Å². The molecule has 7 heteroatoms. The molecular weight excluding hydrogens is 304 g/mol. The zero-order valence-corrected chi connectivity index (χ0v) is 13.9. The number of amides is 1. The Balaban J connectivity index is 2.32. The van der Waals surface area contributed by atoms with Crippen LogP contribution >= 0.6 is 0 Å². The minimum atomic E-state index is -3.40. The molecule has 6 nitrogen and oxygen atoms in total. The second-order valence-corrected chi connectivity index (χ2v) is 7.86. The average molecular weight is 326 g/mol. The topological polar surface area (TPSA) is 75.7 Å². The number of sulfonamides is 1. The van der Waals surface area contributed by atoms with Gasteiger partial charge in [-0.1, -0.05) is 6.07 Å². The van der Waals surface area contributed by atoms with Gasteiger partial charge in [-0.2, -0.15) is 0 Å². The summed E-state index contributed by atoms with van der Waals surface area (Å²) in [6, 6.07) is 5.34. The number of benzene rings is 1. The highest BCUT2D eigenvalue weighted by Crippen LogP contribution is 2.30. The summed E-state index contributed by atoms with van der Waals surface area (Å²) >= 11 is 0. The van der Waals surface area contributed by atoms with Crippen LogP contribution in [0, 0.1) is 0 Å². The van der Waals surface area contributed by atoms with Crippen molar-refractivity contribution in [3.8, 4) is 0 Å². The third-order valence-corrected chi connectivity index (χ3v) is 5.41. The van der Waals surface area contributed by atoms with Crippen LogP contribution in [0.15, 0.2) is 18.2 Å². The van der Waals surface area contributed by atoms with Gasteiger partial charge in [0.2, 0.25) is 10.0 Å². The maximum absolute atomic E-state index is 12.1. The van der Waals surface area contributed by atoms with Gasteiger partial charge in [0.15, 0.2) is 0 Å². The summed E-state index contributed by atoms with van der Waals surface area (Å²) in [6.07, 6.45) is 1.77. The van der Waals surface area contributed by atoms with Gasteiger partial charge >= 0.3 is 0 Å². The molecule has 1 N–H and O–H groups in total. The summed E-state index contributed by atoms with van der Waals surface area (Å²) in [5.41, 5.74) is 2.28. The number of methoxy groups -OCH3 is 1. The van der Waals surface area contributed by atoms with Crippen molar-refractivity contribution in [2.75, 3.05) is 29.9 Å². The molecule has 0 aromatic heterocycles. The van der Waals surface area contributed by atoms with E-state index in [0.717, 1.165) is 24.1 Å². The molecule has 0 saturated carbocycles. The predicted octanol–water partition coefficient (Wildman–Crippen LogP) is 1.76. The van der Waals surface area contributed by atoms with E-state index in [-0.39, 0.29) is 12.5 Å². The molecule has 1 amide bonds. The van der Waals surface area contributed by atoms with E-state index >= 15 is 0 Å². The minimum absolute atomic E-state index is 0.0153. The van der Waals surface area contributed by atoms with Gasteiger partial charge in [-0.3, -0.25) is 9.52 Å². The van der Waals surface area contributed by atoms with Gasteiger partial charge in [-0.15, -0.1) is 0 Å². The lowest BCUT2D eigenvalue weighted by Crippen LogP contribution is -2.37. The van der Waals surface area contributed by atoms with Crippen molar-refractivity contribution in [3.05, 3.63) is 23.8 Å². The summed E-state index contributed by atoms with van der Waals surface area (Å²) < 4.78 is 31.4. The molecule has 1 aromatic rings. The van der Waals surface area contributed by atoms with Crippen molar-refractivity contribution in [3.63, 3.8) is 0 Å². The van der Waals surface area contributed by atoms with E-state index in [2.05, 4.69) is 4.72 Å². The molecule has 1 aliphatic rings. The number of hydrogen-bond acceptors (Lipinski definition) is 4. The minimum Gasteiger partial charge on any atom is -0.375 e. The molecule has 0 aliphatic carbocycles. The second-order valence-electron chi connectivity index (χ2n) is 5.62. The third kappa shape index (κ3) is 3.59. The van der Waals surface area contributed by atoms with E-state index < -0.39 is 15.3 Å². The SMILES string of the molecule is COCC(=O)N1CCCc2ccc(NS(=O)(=O)C(C)C)cc21. The molecular formula is C15H22N2O4S. The van der Waals surface area contributed by atoms with Crippen molar-refractivity contribution in [2.24, 2.45) is 0 Å². The Morgan fingerprint density at radius 2 is 2.14 bits per heavy atom. The molecule has 0 atom stereocenters. The number of nitrogens with one attached hydrogen (secondary N) is 1. The molecule has 2 rings (SSSR count).